The summed E-state index contributed by atoms with van der Waals surface area (Å²) in [5, 5.41) is 3.89. The third kappa shape index (κ3) is 4.10. The van der Waals surface area contributed by atoms with E-state index in [1.54, 1.807) is 0 Å². The van der Waals surface area contributed by atoms with Gasteiger partial charge < -0.3 is 14.0 Å². The molecule has 3 aromatic rings. The summed E-state index contributed by atoms with van der Waals surface area (Å²) in [5.74, 6) is 2.02. The first kappa shape index (κ1) is 19.9. The van der Waals surface area contributed by atoms with E-state index in [1.807, 2.05) is 18.2 Å². The smallest absolute Gasteiger partial charge is 0.416 e. The lowest BCUT2D eigenvalue weighted by Crippen LogP contribution is -2.23. The third-order valence-electron chi connectivity index (χ3n) is 5.57. The molecule has 0 aliphatic carbocycles. The number of hydrogen-bond acceptors (Lipinski definition) is 6. The third-order valence-corrected chi connectivity index (χ3v) is 5.57. The second-order valence-electron chi connectivity index (χ2n) is 7.62. The fraction of sp³-hybridized carbons (Fsp3) is 0.364. The van der Waals surface area contributed by atoms with Gasteiger partial charge in [0.15, 0.2) is 11.5 Å². The Labute approximate surface area is 176 Å². The highest BCUT2D eigenvalue weighted by Crippen LogP contribution is 2.38. The van der Waals surface area contributed by atoms with Gasteiger partial charge in [0.25, 0.3) is 0 Å². The average molecular weight is 431 g/mol. The van der Waals surface area contributed by atoms with Crippen molar-refractivity contribution in [2.24, 2.45) is 0 Å². The number of rotatable bonds is 4. The minimum atomic E-state index is -4.42. The lowest BCUT2D eigenvalue weighted by molar-refractivity contribution is -0.137. The van der Waals surface area contributed by atoms with E-state index < -0.39 is 11.7 Å². The maximum absolute atomic E-state index is 13.0. The van der Waals surface area contributed by atoms with Crippen LogP contribution in [0, 0.1) is 0 Å². The first-order valence-corrected chi connectivity index (χ1v) is 10.1. The van der Waals surface area contributed by atoms with Crippen LogP contribution in [-0.2, 0) is 12.7 Å². The van der Waals surface area contributed by atoms with Crippen LogP contribution in [0.4, 0.5) is 13.2 Å². The Kier molecular flexibility index (Phi) is 5.05. The lowest BCUT2D eigenvalue weighted by Gasteiger charge is -2.25. The van der Waals surface area contributed by atoms with Crippen molar-refractivity contribution >= 4 is 0 Å². The van der Waals surface area contributed by atoms with E-state index in [9.17, 15) is 13.2 Å². The quantitative estimate of drug-likeness (QED) is 0.588. The fourth-order valence-corrected chi connectivity index (χ4v) is 4.10. The van der Waals surface area contributed by atoms with Crippen LogP contribution in [0.5, 0.6) is 11.5 Å². The summed E-state index contributed by atoms with van der Waals surface area (Å²) in [6.07, 6.45) is -2.42. The topological polar surface area (TPSA) is 60.6 Å². The van der Waals surface area contributed by atoms with Gasteiger partial charge in [0.2, 0.25) is 11.7 Å². The largest absolute Gasteiger partial charge is 0.486 e. The van der Waals surface area contributed by atoms with Gasteiger partial charge in [-0.15, -0.1) is 0 Å². The summed E-state index contributed by atoms with van der Waals surface area (Å²) >= 11 is 0. The first-order valence-electron chi connectivity index (χ1n) is 10.1. The van der Waals surface area contributed by atoms with Gasteiger partial charge in [0, 0.05) is 11.6 Å². The van der Waals surface area contributed by atoms with E-state index in [1.165, 1.54) is 12.1 Å². The Morgan fingerprint density at radius 1 is 1.03 bits per heavy atom. The number of ether oxygens (including phenoxy) is 2. The highest BCUT2D eigenvalue weighted by Gasteiger charge is 2.31. The number of likely N-dealkylation sites (tertiary alicyclic amines) is 1. The predicted octanol–water partition coefficient (Wildman–Crippen LogP) is 4.86. The molecule has 2 aromatic carbocycles. The van der Waals surface area contributed by atoms with Crippen LogP contribution < -0.4 is 9.47 Å². The van der Waals surface area contributed by atoms with Crippen molar-refractivity contribution in [2.45, 2.75) is 31.6 Å². The minimum Gasteiger partial charge on any atom is -0.486 e. The zero-order chi connectivity index (χ0) is 21.4. The van der Waals surface area contributed by atoms with Crippen molar-refractivity contribution in [1.29, 1.82) is 0 Å². The molecule has 2 aliphatic rings. The Morgan fingerprint density at radius 3 is 2.71 bits per heavy atom. The Morgan fingerprint density at radius 2 is 1.87 bits per heavy atom. The van der Waals surface area contributed by atoms with Gasteiger partial charge in [-0.25, -0.2) is 0 Å². The fourth-order valence-electron chi connectivity index (χ4n) is 4.10. The number of halogens is 3. The van der Waals surface area contributed by atoms with Gasteiger partial charge in [-0.2, -0.15) is 18.2 Å². The molecule has 3 heterocycles. The maximum Gasteiger partial charge on any atom is 0.416 e. The van der Waals surface area contributed by atoms with Gasteiger partial charge in [0.05, 0.1) is 12.1 Å². The molecule has 0 radical (unpaired) electrons. The normalized spacial score (nSPS) is 19.0. The van der Waals surface area contributed by atoms with Crippen molar-refractivity contribution < 1.29 is 27.2 Å². The summed E-state index contributed by atoms with van der Waals surface area (Å²) < 4.78 is 55.6. The summed E-state index contributed by atoms with van der Waals surface area (Å²) in [4.78, 5) is 6.57. The van der Waals surface area contributed by atoms with E-state index in [2.05, 4.69) is 15.0 Å². The molecule has 31 heavy (non-hydrogen) atoms. The van der Waals surface area contributed by atoms with Crippen molar-refractivity contribution in [3.8, 4) is 22.9 Å². The lowest BCUT2D eigenvalue weighted by atomic mass is 10.0. The van der Waals surface area contributed by atoms with E-state index in [-0.39, 0.29) is 17.4 Å². The summed E-state index contributed by atoms with van der Waals surface area (Å²) in [6.45, 7) is 2.36. The number of alkyl halides is 3. The van der Waals surface area contributed by atoms with Crippen molar-refractivity contribution in [1.82, 2.24) is 15.0 Å². The van der Waals surface area contributed by atoms with Crippen molar-refractivity contribution in [3.05, 3.63) is 59.5 Å². The van der Waals surface area contributed by atoms with Crippen LogP contribution in [0.1, 0.15) is 35.9 Å². The second-order valence-corrected chi connectivity index (χ2v) is 7.62. The van der Waals surface area contributed by atoms with Crippen molar-refractivity contribution in [3.63, 3.8) is 0 Å². The predicted molar refractivity (Wildman–Crippen MR) is 105 cm³/mol. The molecule has 5 rings (SSSR count). The van der Waals surface area contributed by atoms with Crippen LogP contribution in [-0.4, -0.2) is 34.8 Å². The standard InChI is InChI=1S/C22H20F3N3O3/c23-22(24,25)16-4-1-3-15(11-16)21-26-20(31-27-21)13-28-8-2-5-17(28)14-6-7-18-19(12-14)30-10-9-29-18/h1,3-4,6-7,11-12,17H,2,5,8-10,13H2/t17-/m1/s1. The molecule has 1 saturated heterocycles. The summed E-state index contributed by atoms with van der Waals surface area (Å²) in [5.41, 5.74) is 0.656. The molecule has 0 saturated carbocycles. The summed E-state index contributed by atoms with van der Waals surface area (Å²) in [7, 11) is 0. The van der Waals surface area contributed by atoms with Crippen LogP contribution >= 0.6 is 0 Å². The molecule has 162 valence electrons. The van der Waals surface area contributed by atoms with E-state index in [0.717, 1.165) is 48.6 Å². The number of fused-ring (bicyclic) bond motifs is 1. The van der Waals surface area contributed by atoms with E-state index in [4.69, 9.17) is 14.0 Å². The number of nitrogens with zero attached hydrogens (tertiary/aromatic N) is 3. The number of hydrogen-bond donors (Lipinski definition) is 0. The molecule has 6 nitrogen and oxygen atoms in total. The number of benzene rings is 2. The molecule has 1 atom stereocenters. The van der Waals surface area contributed by atoms with Gasteiger partial charge in [-0.05, 0) is 49.2 Å². The van der Waals surface area contributed by atoms with Crippen molar-refractivity contribution in [2.75, 3.05) is 19.8 Å². The van der Waals surface area contributed by atoms with Crippen LogP contribution in [0.25, 0.3) is 11.4 Å². The molecule has 1 aromatic heterocycles. The molecular formula is C22H20F3N3O3. The van der Waals surface area contributed by atoms with Crippen LogP contribution in [0.3, 0.4) is 0 Å². The van der Waals surface area contributed by atoms with E-state index >= 15 is 0 Å². The highest BCUT2D eigenvalue weighted by molar-refractivity contribution is 5.55. The molecule has 0 amide bonds. The van der Waals surface area contributed by atoms with Gasteiger partial charge >= 0.3 is 6.18 Å². The molecule has 0 bridgehead atoms. The molecular weight excluding hydrogens is 411 g/mol. The SMILES string of the molecule is FC(F)(F)c1cccc(-c2noc(CN3CCC[C@@H]3c3ccc4c(c3)OCCO4)n2)c1. The van der Waals surface area contributed by atoms with Gasteiger partial charge in [-0.1, -0.05) is 23.4 Å². The zero-order valence-electron chi connectivity index (χ0n) is 16.6. The minimum absolute atomic E-state index is 0.149. The Bertz CT molecular complexity index is 1080. The monoisotopic (exact) mass is 431 g/mol. The Balaban J connectivity index is 1.33. The Hall–Kier alpha value is -3.07. The molecule has 9 heteroatoms. The maximum atomic E-state index is 13.0. The van der Waals surface area contributed by atoms with Crippen LogP contribution in [0.15, 0.2) is 47.0 Å². The number of aromatic nitrogens is 2. The van der Waals surface area contributed by atoms with Gasteiger partial charge in [0.1, 0.15) is 13.2 Å². The second kappa shape index (κ2) is 7.88. The molecule has 0 unspecified atom stereocenters. The summed E-state index contributed by atoms with van der Waals surface area (Å²) in [6, 6.07) is 11.1. The average Bonchev–Trinajstić information content (AvgIpc) is 3.43. The van der Waals surface area contributed by atoms with E-state index in [0.29, 0.717) is 25.6 Å². The molecule has 1 fully saturated rings. The molecule has 2 aliphatic heterocycles. The molecule has 0 N–H and O–H groups in total. The first-order chi connectivity index (χ1) is 15.0. The van der Waals surface area contributed by atoms with Gasteiger partial charge in [-0.3, -0.25) is 4.90 Å². The van der Waals surface area contributed by atoms with Crippen LogP contribution in [0.2, 0.25) is 0 Å². The zero-order valence-corrected chi connectivity index (χ0v) is 16.6. The highest BCUT2D eigenvalue weighted by atomic mass is 19.4. The molecule has 0 spiro atoms.